The first-order valence-corrected chi connectivity index (χ1v) is 5.08. The molecule has 0 aliphatic carbocycles. The van der Waals surface area contributed by atoms with Crippen LogP contribution in [-0.4, -0.2) is 24.1 Å². The van der Waals surface area contributed by atoms with Crippen molar-refractivity contribution in [1.29, 1.82) is 0 Å². The summed E-state index contributed by atoms with van der Waals surface area (Å²) in [6, 6.07) is 0. The number of ether oxygens (including phenoxy) is 2. The second-order valence-electron chi connectivity index (χ2n) is 4.85. The second-order valence-corrected chi connectivity index (χ2v) is 4.85. The van der Waals surface area contributed by atoms with Crippen LogP contribution in [-0.2, 0) is 19.1 Å². The maximum Gasteiger partial charge on any atom is 0.344 e. The molecule has 0 N–H and O–H groups in total. The third kappa shape index (κ3) is 9.25. The van der Waals surface area contributed by atoms with E-state index in [4.69, 9.17) is 9.47 Å². The third-order valence-electron chi connectivity index (χ3n) is 1.35. The van der Waals surface area contributed by atoms with Gasteiger partial charge in [-0.2, -0.15) is 0 Å². The fourth-order valence-corrected chi connectivity index (χ4v) is 0.903. The highest BCUT2D eigenvalue weighted by Crippen LogP contribution is 2.07. The first kappa shape index (κ1) is 13.9. The molecule has 0 unspecified atom stereocenters. The van der Waals surface area contributed by atoms with E-state index >= 15 is 0 Å². The summed E-state index contributed by atoms with van der Waals surface area (Å²) in [7, 11) is 0. The first-order chi connectivity index (χ1) is 6.70. The molecular weight excluding hydrogens is 196 g/mol. The summed E-state index contributed by atoms with van der Waals surface area (Å²) >= 11 is 0. The lowest BCUT2D eigenvalue weighted by atomic mass is 10.1. The monoisotopic (exact) mass is 216 g/mol. The summed E-state index contributed by atoms with van der Waals surface area (Å²) in [5.41, 5.74) is -0.540. The lowest BCUT2D eigenvalue weighted by molar-refractivity contribution is -0.166. The molecule has 0 spiro atoms. The highest BCUT2D eigenvalue weighted by atomic mass is 16.6. The zero-order valence-corrected chi connectivity index (χ0v) is 10.1. The number of rotatable bonds is 4. The van der Waals surface area contributed by atoms with E-state index < -0.39 is 11.6 Å². The molecule has 0 bridgehead atoms. The van der Waals surface area contributed by atoms with Crippen molar-refractivity contribution in [2.75, 3.05) is 6.61 Å². The quantitative estimate of drug-likeness (QED) is 0.674. The summed E-state index contributed by atoms with van der Waals surface area (Å²) < 4.78 is 9.72. The smallest absolute Gasteiger partial charge is 0.344 e. The Balaban J connectivity index is 3.77. The van der Waals surface area contributed by atoms with Crippen LogP contribution in [0.2, 0.25) is 0 Å². The summed E-state index contributed by atoms with van der Waals surface area (Å²) in [4.78, 5) is 22.2. The maximum absolute atomic E-state index is 11.1. The largest absolute Gasteiger partial charge is 0.457 e. The van der Waals surface area contributed by atoms with Crippen molar-refractivity contribution < 1.29 is 19.1 Å². The highest BCUT2D eigenvalue weighted by Gasteiger charge is 2.17. The number of hydrogen-bond donors (Lipinski definition) is 0. The van der Waals surface area contributed by atoms with Crippen molar-refractivity contribution in [2.45, 2.75) is 46.6 Å². The normalized spacial score (nSPS) is 11.3. The Morgan fingerprint density at radius 3 is 2.07 bits per heavy atom. The van der Waals surface area contributed by atoms with Crippen molar-refractivity contribution >= 4 is 11.9 Å². The minimum absolute atomic E-state index is 0.233. The predicted octanol–water partition coefficient (Wildman–Crippen LogP) is 1.92. The van der Waals surface area contributed by atoms with Gasteiger partial charge in [0.25, 0.3) is 0 Å². The van der Waals surface area contributed by atoms with Gasteiger partial charge in [0.1, 0.15) is 5.60 Å². The lowest BCUT2D eigenvalue weighted by Crippen LogP contribution is -2.27. The molecule has 0 saturated carbocycles. The topological polar surface area (TPSA) is 52.6 Å². The van der Waals surface area contributed by atoms with Gasteiger partial charge in [-0.05, 0) is 26.7 Å². The van der Waals surface area contributed by atoms with Crippen LogP contribution in [0.5, 0.6) is 0 Å². The molecule has 15 heavy (non-hydrogen) atoms. The Morgan fingerprint density at radius 1 is 1.13 bits per heavy atom. The first-order valence-electron chi connectivity index (χ1n) is 5.08. The molecular formula is C11H20O4. The maximum atomic E-state index is 11.1. The molecule has 0 rings (SSSR count). The van der Waals surface area contributed by atoms with Gasteiger partial charge >= 0.3 is 11.9 Å². The van der Waals surface area contributed by atoms with Crippen LogP contribution in [0.1, 0.15) is 41.0 Å². The molecule has 0 radical (unpaired) electrons. The standard InChI is InChI=1S/C11H20O4/c1-8(2)6-9(12)14-7-10(13)15-11(3,4)5/h8H,6-7H2,1-5H3. The molecule has 0 aromatic rings. The number of esters is 2. The predicted molar refractivity (Wildman–Crippen MR) is 56.3 cm³/mol. The van der Waals surface area contributed by atoms with Crippen LogP contribution in [0.25, 0.3) is 0 Å². The van der Waals surface area contributed by atoms with Gasteiger partial charge < -0.3 is 9.47 Å². The third-order valence-corrected chi connectivity index (χ3v) is 1.35. The van der Waals surface area contributed by atoms with Gasteiger partial charge in [0.2, 0.25) is 0 Å². The van der Waals surface area contributed by atoms with Gasteiger partial charge in [0.05, 0.1) is 0 Å². The van der Waals surface area contributed by atoms with Gasteiger partial charge in [-0.3, -0.25) is 4.79 Å². The molecule has 88 valence electrons. The molecule has 4 heteroatoms. The Morgan fingerprint density at radius 2 is 1.67 bits per heavy atom. The minimum atomic E-state index is -0.540. The number of hydrogen-bond acceptors (Lipinski definition) is 4. The highest BCUT2D eigenvalue weighted by molar-refractivity contribution is 5.76. The summed E-state index contributed by atoms with van der Waals surface area (Å²) in [6.07, 6.45) is 0.322. The fraction of sp³-hybridized carbons (Fsp3) is 0.818. The Hall–Kier alpha value is -1.06. The van der Waals surface area contributed by atoms with E-state index in [2.05, 4.69) is 0 Å². The van der Waals surface area contributed by atoms with E-state index in [0.717, 1.165) is 0 Å². The summed E-state index contributed by atoms with van der Waals surface area (Å²) in [5, 5.41) is 0. The molecule has 0 saturated heterocycles. The second kappa shape index (κ2) is 5.73. The molecule has 0 aromatic heterocycles. The van der Waals surface area contributed by atoms with E-state index in [1.807, 2.05) is 13.8 Å². The molecule has 0 aromatic carbocycles. The molecule has 0 amide bonds. The van der Waals surface area contributed by atoms with Crippen LogP contribution >= 0.6 is 0 Å². The fourth-order valence-electron chi connectivity index (χ4n) is 0.903. The van der Waals surface area contributed by atoms with Gasteiger partial charge in [-0.1, -0.05) is 13.8 Å². The van der Waals surface area contributed by atoms with Crippen molar-refractivity contribution in [3.05, 3.63) is 0 Å². The Bertz CT molecular complexity index is 225. The van der Waals surface area contributed by atoms with E-state index in [-0.39, 0.29) is 18.5 Å². The van der Waals surface area contributed by atoms with Crippen molar-refractivity contribution in [3.63, 3.8) is 0 Å². The molecule has 0 fully saturated rings. The van der Waals surface area contributed by atoms with Crippen molar-refractivity contribution in [3.8, 4) is 0 Å². The molecule has 4 nitrogen and oxygen atoms in total. The van der Waals surface area contributed by atoms with Crippen LogP contribution < -0.4 is 0 Å². The van der Waals surface area contributed by atoms with E-state index in [1.165, 1.54) is 0 Å². The summed E-state index contributed by atoms with van der Waals surface area (Å²) in [6.45, 7) is 8.81. The zero-order valence-electron chi connectivity index (χ0n) is 10.1. The van der Waals surface area contributed by atoms with Gasteiger partial charge in [0.15, 0.2) is 6.61 Å². The van der Waals surface area contributed by atoms with Crippen LogP contribution in [0, 0.1) is 5.92 Å². The van der Waals surface area contributed by atoms with Gasteiger partial charge in [-0.25, -0.2) is 4.79 Å². The average molecular weight is 216 g/mol. The van der Waals surface area contributed by atoms with Gasteiger partial charge in [0, 0.05) is 6.42 Å². The Labute approximate surface area is 90.9 Å². The Kier molecular flexibility index (Phi) is 5.33. The minimum Gasteiger partial charge on any atom is -0.457 e. The van der Waals surface area contributed by atoms with Crippen molar-refractivity contribution in [2.24, 2.45) is 5.92 Å². The average Bonchev–Trinajstić information content (AvgIpc) is 1.96. The summed E-state index contributed by atoms with van der Waals surface area (Å²) in [5.74, 6) is -0.647. The molecule has 0 aliphatic rings. The van der Waals surface area contributed by atoms with Gasteiger partial charge in [-0.15, -0.1) is 0 Å². The molecule has 0 heterocycles. The lowest BCUT2D eigenvalue weighted by Gasteiger charge is -2.19. The molecule has 0 aliphatic heterocycles. The zero-order chi connectivity index (χ0) is 12.1. The number of carbonyl (C=O) groups is 2. The number of carbonyl (C=O) groups excluding carboxylic acids is 2. The molecule has 0 atom stereocenters. The van der Waals surface area contributed by atoms with Crippen molar-refractivity contribution in [1.82, 2.24) is 0 Å². The van der Waals surface area contributed by atoms with Crippen LogP contribution in [0.3, 0.4) is 0 Å². The SMILES string of the molecule is CC(C)CC(=O)OCC(=O)OC(C)(C)C. The van der Waals surface area contributed by atoms with Crippen LogP contribution in [0.15, 0.2) is 0 Å². The van der Waals surface area contributed by atoms with E-state index in [0.29, 0.717) is 6.42 Å². The van der Waals surface area contributed by atoms with E-state index in [1.54, 1.807) is 20.8 Å². The van der Waals surface area contributed by atoms with E-state index in [9.17, 15) is 9.59 Å². The van der Waals surface area contributed by atoms with Crippen LogP contribution in [0.4, 0.5) is 0 Å².